The predicted molar refractivity (Wildman–Crippen MR) is 61.1 cm³/mol. The minimum atomic E-state index is 0.167. The van der Waals surface area contributed by atoms with Crippen molar-refractivity contribution in [2.24, 2.45) is 5.11 Å². The minimum absolute atomic E-state index is 0.167. The molecule has 0 bridgehead atoms. The van der Waals surface area contributed by atoms with Gasteiger partial charge in [0.1, 0.15) is 6.26 Å². The summed E-state index contributed by atoms with van der Waals surface area (Å²) in [6, 6.07) is 6.91. The molecule has 17 heavy (non-hydrogen) atoms. The molecule has 0 aliphatic carbocycles. The van der Waals surface area contributed by atoms with Crippen molar-refractivity contribution < 1.29 is 4.42 Å². The van der Waals surface area contributed by atoms with Crippen LogP contribution in [0.15, 0.2) is 40.1 Å². The van der Waals surface area contributed by atoms with Crippen LogP contribution >= 0.6 is 0 Å². The first-order valence-corrected chi connectivity index (χ1v) is 4.76. The molecule has 0 atom stereocenters. The van der Waals surface area contributed by atoms with Crippen molar-refractivity contribution >= 4 is 5.69 Å². The Bertz CT molecular complexity index is 602. The van der Waals surface area contributed by atoms with E-state index in [-0.39, 0.29) is 6.54 Å². The highest BCUT2D eigenvalue weighted by Gasteiger charge is 2.05. The number of azide groups is 1. The van der Waals surface area contributed by atoms with Crippen LogP contribution in [0.5, 0.6) is 0 Å². The monoisotopic (exact) mass is 225 g/mol. The van der Waals surface area contributed by atoms with Gasteiger partial charge >= 0.3 is 0 Å². The summed E-state index contributed by atoms with van der Waals surface area (Å²) in [5.41, 5.74) is 10.1. The Morgan fingerprint density at radius 3 is 2.76 bits per heavy atom. The Balaban J connectivity index is 2.24. The van der Waals surface area contributed by atoms with Crippen LogP contribution in [0.3, 0.4) is 0 Å². The largest absolute Gasteiger partial charge is 0.444 e. The molecule has 0 saturated heterocycles. The Morgan fingerprint density at radius 2 is 2.12 bits per heavy atom. The molecule has 0 saturated carbocycles. The second kappa shape index (κ2) is 4.84. The summed E-state index contributed by atoms with van der Waals surface area (Å²) in [4.78, 5) is 10.1. The zero-order valence-corrected chi connectivity index (χ0v) is 8.74. The zero-order valence-electron chi connectivity index (χ0n) is 8.74. The van der Waals surface area contributed by atoms with E-state index in [4.69, 9.17) is 16.5 Å². The summed E-state index contributed by atoms with van der Waals surface area (Å²) in [5.74, 6) is 0.449. The summed E-state index contributed by atoms with van der Waals surface area (Å²) in [6.07, 6.45) is 1.45. The van der Waals surface area contributed by atoms with Crippen molar-refractivity contribution in [1.82, 2.24) is 4.98 Å². The molecule has 0 N–H and O–H groups in total. The van der Waals surface area contributed by atoms with Gasteiger partial charge in [-0.3, -0.25) is 0 Å². The molecule has 0 radical (unpaired) electrons. The second-order valence-electron chi connectivity index (χ2n) is 3.19. The van der Waals surface area contributed by atoms with Crippen molar-refractivity contribution in [3.63, 3.8) is 0 Å². The van der Waals surface area contributed by atoms with Crippen LogP contribution in [0, 0.1) is 6.57 Å². The summed E-state index contributed by atoms with van der Waals surface area (Å²) in [6.45, 7) is 7.01. The number of benzene rings is 1. The molecule has 6 nitrogen and oxygen atoms in total. The first-order valence-electron chi connectivity index (χ1n) is 4.76. The summed E-state index contributed by atoms with van der Waals surface area (Å²) >= 11 is 0. The minimum Gasteiger partial charge on any atom is -0.444 e. The van der Waals surface area contributed by atoms with E-state index in [9.17, 15) is 0 Å². The Morgan fingerprint density at radius 1 is 1.35 bits per heavy atom. The maximum Gasteiger partial charge on any atom is 0.226 e. The zero-order chi connectivity index (χ0) is 12.1. The molecule has 0 unspecified atom stereocenters. The maximum atomic E-state index is 8.18. The normalized spacial score (nSPS) is 9.35. The van der Waals surface area contributed by atoms with Gasteiger partial charge in [0.2, 0.25) is 5.89 Å². The molecule has 0 aliphatic heterocycles. The molecule has 0 fully saturated rings. The van der Waals surface area contributed by atoms with Crippen LogP contribution in [0.25, 0.3) is 26.7 Å². The van der Waals surface area contributed by atoms with Crippen LogP contribution in [0.2, 0.25) is 0 Å². The van der Waals surface area contributed by atoms with Gasteiger partial charge in [0.15, 0.2) is 5.69 Å². The lowest BCUT2D eigenvalue weighted by atomic mass is 10.2. The first-order chi connectivity index (χ1) is 8.33. The van der Waals surface area contributed by atoms with Crippen LogP contribution in [-0.2, 0) is 6.54 Å². The number of rotatable bonds is 3. The van der Waals surface area contributed by atoms with Gasteiger partial charge in [-0.05, 0) is 5.53 Å². The van der Waals surface area contributed by atoms with Gasteiger partial charge in [-0.2, -0.15) is 0 Å². The molecule has 0 spiro atoms. The fourth-order valence-electron chi connectivity index (χ4n) is 1.29. The SMILES string of the molecule is [C-]#[N+]c1ccc(-c2nc(CN=[N+]=[N-])co2)cc1. The van der Waals surface area contributed by atoms with E-state index in [2.05, 4.69) is 19.9 Å². The molecule has 1 aromatic carbocycles. The topological polar surface area (TPSA) is 79.2 Å². The molecule has 0 aliphatic rings. The van der Waals surface area contributed by atoms with Gasteiger partial charge in [0, 0.05) is 10.5 Å². The number of hydrogen-bond donors (Lipinski definition) is 0. The number of hydrogen-bond acceptors (Lipinski definition) is 3. The molecular weight excluding hydrogens is 218 g/mol. The standard InChI is InChI=1S/C11H7N5O/c1-13-9-4-2-8(3-5-9)11-15-10(7-17-11)6-14-16-12/h2-5,7H,6H2. The molecule has 2 rings (SSSR count). The van der Waals surface area contributed by atoms with Crippen molar-refractivity contribution in [1.29, 1.82) is 0 Å². The summed E-state index contributed by atoms with van der Waals surface area (Å²) < 4.78 is 5.25. The quantitative estimate of drug-likeness (QED) is 0.345. The predicted octanol–water partition coefficient (Wildman–Crippen LogP) is 3.70. The molecule has 1 heterocycles. The molecule has 0 amide bonds. The first kappa shape index (κ1) is 10.7. The number of aromatic nitrogens is 1. The summed E-state index contributed by atoms with van der Waals surface area (Å²) in [7, 11) is 0. The smallest absolute Gasteiger partial charge is 0.226 e. The Labute approximate surface area is 97.0 Å². The molecule has 6 heteroatoms. The fraction of sp³-hybridized carbons (Fsp3) is 0.0909. The number of oxazole rings is 1. The maximum absolute atomic E-state index is 8.18. The van der Waals surface area contributed by atoms with Gasteiger partial charge in [-0.25, -0.2) is 9.83 Å². The van der Waals surface area contributed by atoms with E-state index < -0.39 is 0 Å². The second-order valence-corrected chi connectivity index (χ2v) is 3.19. The van der Waals surface area contributed by atoms with E-state index in [0.717, 1.165) is 5.56 Å². The summed E-state index contributed by atoms with van der Waals surface area (Å²) in [5, 5.41) is 3.39. The molecular formula is C11H7N5O. The van der Waals surface area contributed by atoms with Crippen LogP contribution in [-0.4, -0.2) is 4.98 Å². The third-order valence-corrected chi connectivity index (χ3v) is 2.09. The van der Waals surface area contributed by atoms with Crippen molar-refractivity contribution in [2.75, 3.05) is 0 Å². The lowest BCUT2D eigenvalue weighted by molar-refractivity contribution is 0.572. The lowest BCUT2D eigenvalue weighted by Gasteiger charge is -1.94. The third kappa shape index (κ3) is 2.43. The lowest BCUT2D eigenvalue weighted by Crippen LogP contribution is -1.81. The van der Waals surface area contributed by atoms with Gasteiger partial charge in [0.25, 0.3) is 0 Å². The fourth-order valence-corrected chi connectivity index (χ4v) is 1.29. The molecule has 82 valence electrons. The Hall–Kier alpha value is -2.77. The molecule has 2 aromatic rings. The Kier molecular flexibility index (Phi) is 3.05. The van der Waals surface area contributed by atoms with Gasteiger partial charge in [-0.1, -0.05) is 29.4 Å². The van der Waals surface area contributed by atoms with Gasteiger partial charge in [-0.15, -0.1) is 0 Å². The van der Waals surface area contributed by atoms with Crippen molar-refractivity contribution in [3.05, 3.63) is 58.1 Å². The van der Waals surface area contributed by atoms with E-state index in [1.54, 1.807) is 24.3 Å². The third-order valence-electron chi connectivity index (χ3n) is 2.09. The van der Waals surface area contributed by atoms with Crippen LogP contribution in [0.4, 0.5) is 5.69 Å². The highest BCUT2D eigenvalue weighted by atomic mass is 16.3. The van der Waals surface area contributed by atoms with E-state index in [1.807, 2.05) is 0 Å². The average Bonchev–Trinajstić information content (AvgIpc) is 2.85. The van der Waals surface area contributed by atoms with E-state index >= 15 is 0 Å². The van der Waals surface area contributed by atoms with Crippen LogP contribution < -0.4 is 0 Å². The highest BCUT2D eigenvalue weighted by Crippen LogP contribution is 2.22. The van der Waals surface area contributed by atoms with E-state index in [0.29, 0.717) is 17.3 Å². The van der Waals surface area contributed by atoms with Gasteiger partial charge < -0.3 is 4.42 Å². The van der Waals surface area contributed by atoms with Crippen molar-refractivity contribution in [3.8, 4) is 11.5 Å². The average molecular weight is 225 g/mol. The number of nitrogens with zero attached hydrogens (tertiary/aromatic N) is 5. The van der Waals surface area contributed by atoms with Crippen molar-refractivity contribution in [2.45, 2.75) is 6.54 Å². The molecule has 1 aromatic heterocycles. The van der Waals surface area contributed by atoms with Gasteiger partial charge in [0.05, 0.1) is 18.8 Å². The highest BCUT2D eigenvalue weighted by molar-refractivity contribution is 5.58. The van der Waals surface area contributed by atoms with E-state index in [1.165, 1.54) is 6.26 Å². The van der Waals surface area contributed by atoms with Crippen LogP contribution in [0.1, 0.15) is 5.69 Å².